The van der Waals surface area contributed by atoms with E-state index in [2.05, 4.69) is 12.2 Å². The van der Waals surface area contributed by atoms with Crippen LogP contribution in [0.25, 0.3) is 0 Å². The Balaban J connectivity index is 1.48. The van der Waals surface area contributed by atoms with Gasteiger partial charge in [-0.15, -0.1) is 11.3 Å². The largest absolute Gasteiger partial charge is 0.462 e. The van der Waals surface area contributed by atoms with Gasteiger partial charge in [-0.25, -0.2) is 9.59 Å². The number of carbonyl (C=O) groups is 3. The van der Waals surface area contributed by atoms with Crippen LogP contribution in [-0.2, 0) is 27.1 Å². The van der Waals surface area contributed by atoms with Crippen molar-refractivity contribution < 1.29 is 23.9 Å². The lowest BCUT2D eigenvalue weighted by Gasteiger charge is -2.16. The highest BCUT2D eigenvalue weighted by Crippen LogP contribution is 2.32. The van der Waals surface area contributed by atoms with E-state index in [9.17, 15) is 14.4 Å². The Kier molecular flexibility index (Phi) is 7.04. The first-order valence-corrected chi connectivity index (χ1v) is 10.6. The van der Waals surface area contributed by atoms with Crippen molar-refractivity contribution in [1.82, 2.24) is 0 Å². The second-order valence-corrected chi connectivity index (χ2v) is 8.38. The molecule has 0 saturated carbocycles. The highest BCUT2D eigenvalue weighted by molar-refractivity contribution is 7.14. The topological polar surface area (TPSA) is 81.7 Å². The monoisotopic (exact) mass is 415 g/mol. The van der Waals surface area contributed by atoms with Gasteiger partial charge in [0.2, 0.25) is 0 Å². The summed E-state index contributed by atoms with van der Waals surface area (Å²) in [5.41, 5.74) is 2.15. The van der Waals surface area contributed by atoms with Crippen LogP contribution in [-0.4, -0.2) is 31.1 Å². The fourth-order valence-corrected chi connectivity index (χ4v) is 4.28. The molecule has 2 aromatic rings. The lowest BCUT2D eigenvalue weighted by molar-refractivity contribution is -0.119. The SMILES string of the molecule is CCCOC(=O)c1ccc(NC(=O)COC(=O)c2cc3c(s2)CC[C@H](C)C3)cc1. The number of anilines is 1. The quantitative estimate of drug-likeness (QED) is 0.684. The molecule has 1 atom stereocenters. The number of rotatable bonds is 7. The van der Waals surface area contributed by atoms with E-state index in [-0.39, 0.29) is 6.61 Å². The van der Waals surface area contributed by atoms with Crippen molar-refractivity contribution in [3.8, 4) is 0 Å². The zero-order valence-corrected chi connectivity index (χ0v) is 17.5. The zero-order valence-electron chi connectivity index (χ0n) is 16.7. The van der Waals surface area contributed by atoms with E-state index >= 15 is 0 Å². The van der Waals surface area contributed by atoms with Crippen molar-refractivity contribution in [2.24, 2.45) is 5.92 Å². The summed E-state index contributed by atoms with van der Waals surface area (Å²) in [6.07, 6.45) is 3.88. The van der Waals surface area contributed by atoms with E-state index in [0.29, 0.717) is 28.7 Å². The van der Waals surface area contributed by atoms with Gasteiger partial charge in [-0.05, 0) is 67.5 Å². The van der Waals surface area contributed by atoms with Crippen molar-refractivity contribution in [3.63, 3.8) is 0 Å². The van der Waals surface area contributed by atoms with Gasteiger partial charge in [0.25, 0.3) is 5.91 Å². The molecule has 0 spiro atoms. The maximum atomic E-state index is 12.3. The average molecular weight is 416 g/mol. The van der Waals surface area contributed by atoms with Crippen LogP contribution in [0.3, 0.4) is 0 Å². The Labute approximate surface area is 174 Å². The van der Waals surface area contributed by atoms with Crippen molar-refractivity contribution in [1.29, 1.82) is 0 Å². The predicted octanol–water partition coefficient (Wildman–Crippen LogP) is 4.24. The molecule has 1 aromatic heterocycles. The lowest BCUT2D eigenvalue weighted by atomic mass is 9.90. The molecular weight excluding hydrogens is 390 g/mol. The molecule has 0 fully saturated rings. The van der Waals surface area contributed by atoms with Crippen LogP contribution >= 0.6 is 11.3 Å². The number of carbonyl (C=O) groups excluding carboxylic acids is 3. The van der Waals surface area contributed by atoms with E-state index in [0.717, 1.165) is 25.7 Å². The number of thiophene rings is 1. The van der Waals surface area contributed by atoms with Crippen molar-refractivity contribution in [2.45, 2.75) is 39.5 Å². The van der Waals surface area contributed by atoms with Crippen LogP contribution in [0.1, 0.15) is 57.2 Å². The van der Waals surface area contributed by atoms with Crippen LogP contribution < -0.4 is 5.32 Å². The number of ether oxygens (including phenoxy) is 2. The highest BCUT2D eigenvalue weighted by Gasteiger charge is 2.21. The van der Waals surface area contributed by atoms with Gasteiger partial charge in [0.05, 0.1) is 12.2 Å². The van der Waals surface area contributed by atoms with Crippen LogP contribution in [0.2, 0.25) is 0 Å². The number of aryl methyl sites for hydroxylation is 1. The van der Waals surface area contributed by atoms with E-state index in [4.69, 9.17) is 9.47 Å². The average Bonchev–Trinajstić information content (AvgIpc) is 3.14. The van der Waals surface area contributed by atoms with Gasteiger partial charge < -0.3 is 14.8 Å². The van der Waals surface area contributed by atoms with Crippen LogP contribution in [0.15, 0.2) is 30.3 Å². The third kappa shape index (κ3) is 5.67. The first-order valence-electron chi connectivity index (χ1n) is 9.82. The summed E-state index contributed by atoms with van der Waals surface area (Å²) >= 11 is 1.46. The number of hydrogen-bond donors (Lipinski definition) is 1. The molecule has 3 rings (SSSR count). The first-order chi connectivity index (χ1) is 14.0. The molecule has 154 valence electrons. The van der Waals surface area contributed by atoms with Gasteiger partial charge in [0.15, 0.2) is 6.61 Å². The molecule has 1 aliphatic rings. The number of hydrogen-bond acceptors (Lipinski definition) is 6. The van der Waals surface area contributed by atoms with E-state index < -0.39 is 17.8 Å². The van der Waals surface area contributed by atoms with E-state index in [1.54, 1.807) is 24.3 Å². The summed E-state index contributed by atoms with van der Waals surface area (Å²) in [6, 6.07) is 8.27. The normalized spacial score (nSPS) is 15.3. The maximum Gasteiger partial charge on any atom is 0.348 e. The van der Waals surface area contributed by atoms with Crippen molar-refractivity contribution >= 4 is 34.9 Å². The van der Waals surface area contributed by atoms with Gasteiger partial charge in [-0.3, -0.25) is 4.79 Å². The van der Waals surface area contributed by atoms with Gasteiger partial charge in [-0.1, -0.05) is 13.8 Å². The van der Waals surface area contributed by atoms with Crippen LogP contribution in [0.5, 0.6) is 0 Å². The molecule has 1 aromatic carbocycles. The Morgan fingerprint density at radius 3 is 2.62 bits per heavy atom. The standard InChI is InChI=1S/C22H25NO5S/c1-3-10-27-21(25)15-5-7-17(8-6-15)23-20(24)13-28-22(26)19-12-16-11-14(2)4-9-18(16)29-19/h5-8,12,14H,3-4,9-11,13H2,1-2H3,(H,23,24)/t14-/m0/s1. The Morgan fingerprint density at radius 1 is 1.14 bits per heavy atom. The minimum atomic E-state index is -0.471. The summed E-state index contributed by atoms with van der Waals surface area (Å²) < 4.78 is 10.2. The molecule has 0 unspecified atom stereocenters. The smallest absolute Gasteiger partial charge is 0.348 e. The molecule has 1 heterocycles. The van der Waals surface area contributed by atoms with Crippen LogP contribution in [0.4, 0.5) is 5.69 Å². The lowest BCUT2D eigenvalue weighted by Crippen LogP contribution is -2.20. The van der Waals surface area contributed by atoms with E-state index in [1.165, 1.54) is 21.8 Å². The number of benzene rings is 1. The summed E-state index contributed by atoms with van der Waals surface area (Å²) in [5, 5.41) is 2.65. The number of nitrogens with one attached hydrogen (secondary N) is 1. The molecule has 1 N–H and O–H groups in total. The van der Waals surface area contributed by atoms with Crippen molar-refractivity contribution in [3.05, 3.63) is 51.2 Å². The number of fused-ring (bicyclic) bond motifs is 1. The molecule has 0 bridgehead atoms. The second kappa shape index (κ2) is 9.69. The summed E-state index contributed by atoms with van der Waals surface area (Å²) in [6.45, 7) is 4.14. The summed E-state index contributed by atoms with van der Waals surface area (Å²) in [7, 11) is 0. The van der Waals surface area contributed by atoms with Gasteiger partial charge in [0, 0.05) is 10.6 Å². The van der Waals surface area contributed by atoms with Crippen molar-refractivity contribution in [2.75, 3.05) is 18.5 Å². The second-order valence-electron chi connectivity index (χ2n) is 7.24. The van der Waals surface area contributed by atoms with Gasteiger partial charge in [-0.2, -0.15) is 0 Å². The maximum absolute atomic E-state index is 12.3. The van der Waals surface area contributed by atoms with Crippen LogP contribution in [0, 0.1) is 5.92 Å². The summed E-state index contributed by atoms with van der Waals surface area (Å²) in [4.78, 5) is 37.9. The molecular formula is C22H25NO5S. The number of esters is 2. The predicted molar refractivity (Wildman–Crippen MR) is 111 cm³/mol. The molecule has 1 amide bonds. The Bertz CT molecular complexity index is 887. The summed E-state index contributed by atoms with van der Waals surface area (Å²) in [5.74, 6) is -0.672. The molecule has 6 nitrogen and oxygen atoms in total. The minimum absolute atomic E-state index is 0.363. The zero-order chi connectivity index (χ0) is 20.8. The van der Waals surface area contributed by atoms with Gasteiger partial charge in [0.1, 0.15) is 4.88 Å². The molecule has 7 heteroatoms. The van der Waals surface area contributed by atoms with Gasteiger partial charge >= 0.3 is 11.9 Å². The molecule has 0 aliphatic heterocycles. The molecule has 0 saturated heterocycles. The Morgan fingerprint density at radius 2 is 1.90 bits per heavy atom. The molecule has 29 heavy (non-hydrogen) atoms. The fourth-order valence-electron chi connectivity index (χ4n) is 3.17. The van der Waals surface area contributed by atoms with E-state index in [1.807, 2.05) is 13.0 Å². The molecule has 0 radical (unpaired) electrons. The third-order valence-corrected chi connectivity index (χ3v) is 5.92. The highest BCUT2D eigenvalue weighted by atomic mass is 32.1. The first kappa shape index (κ1) is 21.0. The third-order valence-electron chi connectivity index (χ3n) is 4.71. The minimum Gasteiger partial charge on any atom is -0.462 e. The Hall–Kier alpha value is -2.67. The molecule has 1 aliphatic carbocycles. The fraction of sp³-hybridized carbons (Fsp3) is 0.409. The number of amides is 1.